The monoisotopic (exact) mass is 398 g/mol. The van der Waals surface area contributed by atoms with Crippen molar-refractivity contribution in [3.63, 3.8) is 0 Å². The van der Waals surface area contributed by atoms with Gasteiger partial charge in [0.1, 0.15) is 0 Å². The van der Waals surface area contributed by atoms with Gasteiger partial charge in [0, 0.05) is 13.4 Å². The molecule has 0 aliphatic carbocycles. The number of methoxy groups -OCH3 is 1. The van der Waals surface area contributed by atoms with Gasteiger partial charge < -0.3 is 4.74 Å². The molecule has 0 bridgehead atoms. The molecule has 0 aliphatic rings. The summed E-state index contributed by atoms with van der Waals surface area (Å²) in [5.74, 6) is -0.284. The molecular weight excluding hydrogens is 383 g/mol. The molecule has 0 saturated carbocycles. The van der Waals surface area contributed by atoms with Crippen LogP contribution in [0.4, 0.5) is 0 Å². The van der Waals surface area contributed by atoms with E-state index < -0.39 is 0 Å². The first-order valence-corrected chi connectivity index (χ1v) is 8.18. The van der Waals surface area contributed by atoms with Crippen LogP contribution in [0.5, 0.6) is 0 Å². The Bertz CT molecular complexity index is 608. The Labute approximate surface area is 137 Å². The summed E-state index contributed by atoms with van der Waals surface area (Å²) in [5, 5.41) is 0. The van der Waals surface area contributed by atoms with E-state index in [0.29, 0.717) is 5.56 Å². The fourth-order valence-corrected chi connectivity index (χ4v) is 3.06. The molecule has 20 heavy (non-hydrogen) atoms. The molecule has 0 spiro atoms. The van der Waals surface area contributed by atoms with Crippen LogP contribution in [0.25, 0.3) is 0 Å². The second kappa shape index (κ2) is 7.13. The fourth-order valence-electron chi connectivity index (χ4n) is 1.79. The number of benzene rings is 2. The molecule has 2 aromatic carbocycles. The summed E-state index contributed by atoms with van der Waals surface area (Å²) in [6, 6.07) is 14.2. The molecule has 104 valence electrons. The second-order valence-corrected chi connectivity index (χ2v) is 6.59. The number of hydrogen-bond acceptors (Lipinski definition) is 3. The molecule has 0 aliphatic heterocycles. The van der Waals surface area contributed by atoms with E-state index in [1.165, 1.54) is 10.7 Å². The van der Waals surface area contributed by atoms with Crippen molar-refractivity contribution in [1.29, 1.82) is 0 Å². The Morgan fingerprint density at radius 1 is 1.20 bits per heavy atom. The van der Waals surface area contributed by atoms with Crippen LogP contribution in [0.15, 0.2) is 52.3 Å². The van der Waals surface area contributed by atoms with Gasteiger partial charge in [-0.3, -0.25) is 0 Å². The second-order valence-electron chi connectivity index (χ2n) is 4.23. The number of carbonyl (C=O) groups excluding carboxylic acids is 1. The Morgan fingerprint density at radius 3 is 2.50 bits per heavy atom. The number of rotatable bonds is 4. The van der Waals surface area contributed by atoms with Crippen LogP contribution in [-0.2, 0) is 11.2 Å². The summed E-state index contributed by atoms with van der Waals surface area (Å²) >= 11 is 3.86. The zero-order valence-corrected chi connectivity index (χ0v) is 14.3. The van der Waals surface area contributed by atoms with E-state index in [4.69, 9.17) is 4.74 Å². The van der Waals surface area contributed by atoms with Crippen LogP contribution in [0, 0.1) is 3.57 Å². The number of aryl methyl sites for hydroxylation is 1. The van der Waals surface area contributed by atoms with Gasteiger partial charge in [-0.05, 0) is 71.0 Å². The third-order valence-electron chi connectivity index (χ3n) is 2.90. The highest BCUT2D eigenvalue weighted by atomic mass is 127. The largest absolute Gasteiger partial charge is 0.465 e. The average molecular weight is 398 g/mol. The van der Waals surface area contributed by atoms with E-state index in [1.54, 1.807) is 11.8 Å². The minimum absolute atomic E-state index is 0.284. The SMILES string of the molecule is CCc1ccc(Sc2ccc(I)cc2)c(C(=O)OC)c1. The Hall–Kier alpha value is -1.01. The first-order valence-electron chi connectivity index (χ1n) is 6.28. The van der Waals surface area contributed by atoms with Gasteiger partial charge in [-0.1, -0.05) is 24.8 Å². The lowest BCUT2D eigenvalue weighted by molar-refractivity contribution is 0.0596. The van der Waals surface area contributed by atoms with Crippen molar-refractivity contribution in [2.75, 3.05) is 7.11 Å². The molecule has 0 amide bonds. The molecule has 2 nitrogen and oxygen atoms in total. The Balaban J connectivity index is 2.35. The van der Waals surface area contributed by atoms with Gasteiger partial charge in [-0.15, -0.1) is 0 Å². The summed E-state index contributed by atoms with van der Waals surface area (Å²) in [5.41, 5.74) is 1.77. The number of hydrogen-bond donors (Lipinski definition) is 0. The highest BCUT2D eigenvalue weighted by Gasteiger charge is 2.13. The molecule has 0 fully saturated rings. The predicted octanol–water partition coefficient (Wildman–Crippen LogP) is 4.79. The molecule has 0 atom stereocenters. The average Bonchev–Trinajstić information content (AvgIpc) is 2.49. The van der Waals surface area contributed by atoms with Crippen molar-refractivity contribution in [2.45, 2.75) is 23.1 Å². The van der Waals surface area contributed by atoms with Crippen LogP contribution in [0.1, 0.15) is 22.8 Å². The summed E-state index contributed by atoms with van der Waals surface area (Å²) in [7, 11) is 1.42. The maximum Gasteiger partial charge on any atom is 0.339 e. The van der Waals surface area contributed by atoms with Gasteiger partial charge in [-0.25, -0.2) is 4.79 Å². The van der Waals surface area contributed by atoms with Crippen LogP contribution < -0.4 is 0 Å². The molecule has 0 saturated heterocycles. The van der Waals surface area contributed by atoms with Gasteiger partial charge in [0.25, 0.3) is 0 Å². The van der Waals surface area contributed by atoms with Crippen LogP contribution in [0.2, 0.25) is 0 Å². The zero-order chi connectivity index (χ0) is 14.5. The smallest absolute Gasteiger partial charge is 0.339 e. The highest BCUT2D eigenvalue weighted by Crippen LogP contribution is 2.32. The third-order valence-corrected chi connectivity index (χ3v) is 4.70. The van der Waals surface area contributed by atoms with Crippen molar-refractivity contribution < 1.29 is 9.53 Å². The lowest BCUT2D eigenvalue weighted by atomic mass is 10.1. The molecule has 2 aromatic rings. The topological polar surface area (TPSA) is 26.3 Å². The van der Waals surface area contributed by atoms with Crippen molar-refractivity contribution in [3.05, 3.63) is 57.2 Å². The molecule has 0 aromatic heterocycles. The number of esters is 1. The van der Waals surface area contributed by atoms with Crippen molar-refractivity contribution in [2.24, 2.45) is 0 Å². The van der Waals surface area contributed by atoms with Crippen molar-refractivity contribution >= 4 is 40.3 Å². The highest BCUT2D eigenvalue weighted by molar-refractivity contribution is 14.1. The normalized spacial score (nSPS) is 10.3. The minimum Gasteiger partial charge on any atom is -0.465 e. The van der Waals surface area contributed by atoms with E-state index in [1.807, 2.05) is 12.1 Å². The molecule has 0 unspecified atom stereocenters. The first kappa shape index (κ1) is 15.4. The number of halogens is 1. The van der Waals surface area contributed by atoms with Gasteiger partial charge >= 0.3 is 5.97 Å². The van der Waals surface area contributed by atoms with Gasteiger partial charge in [0.2, 0.25) is 0 Å². The minimum atomic E-state index is -0.284. The zero-order valence-electron chi connectivity index (χ0n) is 11.4. The van der Waals surface area contributed by atoms with Gasteiger partial charge in [0.05, 0.1) is 12.7 Å². The van der Waals surface area contributed by atoms with Crippen molar-refractivity contribution in [1.82, 2.24) is 0 Å². The molecular formula is C16H15IO2S. The Kier molecular flexibility index (Phi) is 5.48. The lowest BCUT2D eigenvalue weighted by Gasteiger charge is -2.09. The summed E-state index contributed by atoms with van der Waals surface area (Å²) < 4.78 is 6.08. The van der Waals surface area contributed by atoms with Crippen LogP contribution >= 0.6 is 34.4 Å². The molecule has 0 N–H and O–H groups in total. The standard InChI is InChI=1S/C16H15IO2S/c1-3-11-4-9-15(14(10-11)16(18)19-2)20-13-7-5-12(17)6-8-13/h4-10H,3H2,1-2H3. The number of carbonyl (C=O) groups is 1. The van der Waals surface area contributed by atoms with E-state index in [-0.39, 0.29) is 5.97 Å². The molecule has 4 heteroatoms. The van der Waals surface area contributed by atoms with E-state index >= 15 is 0 Å². The molecule has 0 radical (unpaired) electrons. The van der Waals surface area contributed by atoms with Crippen LogP contribution in [-0.4, -0.2) is 13.1 Å². The Morgan fingerprint density at radius 2 is 1.90 bits per heavy atom. The maximum atomic E-state index is 11.9. The van der Waals surface area contributed by atoms with Crippen LogP contribution in [0.3, 0.4) is 0 Å². The van der Waals surface area contributed by atoms with E-state index in [2.05, 4.69) is 59.8 Å². The quantitative estimate of drug-likeness (QED) is 0.547. The summed E-state index contributed by atoms with van der Waals surface area (Å²) in [6.07, 6.45) is 0.901. The maximum absolute atomic E-state index is 11.9. The fraction of sp³-hybridized carbons (Fsp3) is 0.188. The summed E-state index contributed by atoms with van der Waals surface area (Å²) in [6.45, 7) is 2.07. The van der Waals surface area contributed by atoms with Gasteiger partial charge in [-0.2, -0.15) is 0 Å². The third kappa shape index (κ3) is 3.76. The van der Waals surface area contributed by atoms with Gasteiger partial charge in [0.15, 0.2) is 0 Å². The van der Waals surface area contributed by atoms with E-state index in [9.17, 15) is 4.79 Å². The lowest BCUT2D eigenvalue weighted by Crippen LogP contribution is -2.04. The first-order chi connectivity index (χ1) is 9.63. The molecule has 0 heterocycles. The van der Waals surface area contributed by atoms with Crippen molar-refractivity contribution in [3.8, 4) is 0 Å². The predicted molar refractivity (Wildman–Crippen MR) is 90.4 cm³/mol. The molecule has 2 rings (SSSR count). The van der Waals surface area contributed by atoms with E-state index in [0.717, 1.165) is 21.8 Å². The number of ether oxygens (including phenoxy) is 1. The summed E-state index contributed by atoms with van der Waals surface area (Å²) in [4.78, 5) is 13.9.